The monoisotopic (exact) mass is 485 g/mol. The second-order valence-corrected chi connectivity index (χ2v) is 8.96. The van der Waals surface area contributed by atoms with Gasteiger partial charge in [0.1, 0.15) is 12.4 Å². The smallest absolute Gasteiger partial charge is 0.243 e. The van der Waals surface area contributed by atoms with Crippen LogP contribution in [-0.2, 0) is 9.53 Å². The molecule has 1 aliphatic carbocycles. The van der Waals surface area contributed by atoms with Crippen LogP contribution >= 0.6 is 11.3 Å². The Hall–Kier alpha value is -3.24. The van der Waals surface area contributed by atoms with Crippen molar-refractivity contribution in [2.24, 2.45) is 0 Å². The molecule has 10 heteroatoms. The van der Waals surface area contributed by atoms with E-state index in [0.29, 0.717) is 18.2 Å². The van der Waals surface area contributed by atoms with Gasteiger partial charge < -0.3 is 25.4 Å². The van der Waals surface area contributed by atoms with E-state index in [4.69, 9.17) is 9.47 Å². The predicted molar refractivity (Wildman–Crippen MR) is 132 cm³/mol. The van der Waals surface area contributed by atoms with Gasteiger partial charge in [0.2, 0.25) is 11.9 Å². The Balaban J connectivity index is 1.44. The van der Waals surface area contributed by atoms with Crippen LogP contribution in [-0.4, -0.2) is 48.3 Å². The minimum absolute atomic E-state index is 0.130. The van der Waals surface area contributed by atoms with Crippen LogP contribution in [0.15, 0.2) is 42.3 Å². The van der Waals surface area contributed by atoms with Gasteiger partial charge in [0.15, 0.2) is 11.6 Å². The van der Waals surface area contributed by atoms with Gasteiger partial charge in [0.25, 0.3) is 0 Å². The first-order valence-corrected chi connectivity index (χ1v) is 12.1. The summed E-state index contributed by atoms with van der Waals surface area (Å²) in [6, 6.07) is 7.00. The predicted octanol–water partition coefficient (Wildman–Crippen LogP) is 4.62. The molecule has 0 spiro atoms. The van der Waals surface area contributed by atoms with Crippen molar-refractivity contribution in [1.82, 2.24) is 15.3 Å². The molecular weight excluding hydrogens is 457 g/mol. The van der Waals surface area contributed by atoms with Crippen LogP contribution in [0.25, 0.3) is 10.2 Å². The zero-order valence-electron chi connectivity index (χ0n) is 19.0. The van der Waals surface area contributed by atoms with Crippen LogP contribution in [0.2, 0.25) is 0 Å². The van der Waals surface area contributed by atoms with Crippen molar-refractivity contribution in [2.75, 3.05) is 31.0 Å². The van der Waals surface area contributed by atoms with E-state index in [2.05, 4.69) is 32.5 Å². The molecule has 0 atom stereocenters. The molecule has 1 fully saturated rings. The minimum atomic E-state index is -0.476. The number of nitrogens with one attached hydrogen (secondary N) is 3. The van der Waals surface area contributed by atoms with Crippen LogP contribution in [0.3, 0.4) is 0 Å². The number of rotatable bonds is 10. The highest BCUT2D eigenvalue weighted by molar-refractivity contribution is 7.17. The van der Waals surface area contributed by atoms with Crippen molar-refractivity contribution in [3.63, 3.8) is 0 Å². The zero-order valence-corrected chi connectivity index (χ0v) is 19.8. The van der Waals surface area contributed by atoms with E-state index in [1.807, 2.05) is 11.4 Å². The number of benzene rings is 1. The van der Waals surface area contributed by atoms with E-state index in [0.717, 1.165) is 41.7 Å². The lowest BCUT2D eigenvalue weighted by atomic mass is 9.91. The van der Waals surface area contributed by atoms with Crippen LogP contribution in [0, 0.1) is 5.82 Å². The Morgan fingerprint density at radius 3 is 2.74 bits per heavy atom. The van der Waals surface area contributed by atoms with Gasteiger partial charge >= 0.3 is 0 Å². The molecule has 0 radical (unpaired) electrons. The molecule has 2 heterocycles. The molecule has 8 nitrogen and oxygen atoms in total. The summed E-state index contributed by atoms with van der Waals surface area (Å²) in [5, 5.41) is 11.6. The molecule has 0 bridgehead atoms. The second kappa shape index (κ2) is 11.3. The van der Waals surface area contributed by atoms with Crippen molar-refractivity contribution in [1.29, 1.82) is 0 Å². The first-order chi connectivity index (χ1) is 16.6. The highest BCUT2D eigenvalue weighted by atomic mass is 32.1. The number of hydrogen-bond donors (Lipinski definition) is 3. The standard InChI is InChI=1S/C24H28FN5O3S/c1-3-21(31)26-15-4-6-16(7-5-15)27-23-22-19(10-13-34-22)29-24(30-23)28-17-8-9-20(18(25)14-17)33-12-11-32-2/h3,8-10,13-16H,1,4-7,11-12H2,2H3,(H,26,31)(H2,27,28,29,30)/t15-,16+. The van der Waals surface area contributed by atoms with Crippen molar-refractivity contribution in [3.05, 3.63) is 48.1 Å². The van der Waals surface area contributed by atoms with E-state index in [1.165, 1.54) is 12.1 Å². The Bertz CT molecular complexity index is 1150. The third-order valence-corrected chi connectivity index (χ3v) is 6.55. The van der Waals surface area contributed by atoms with Gasteiger partial charge in [0.05, 0.1) is 16.8 Å². The number of nitrogens with zero attached hydrogens (tertiary/aromatic N) is 2. The second-order valence-electron chi connectivity index (χ2n) is 8.05. The highest BCUT2D eigenvalue weighted by Crippen LogP contribution is 2.31. The topological polar surface area (TPSA) is 97.4 Å². The van der Waals surface area contributed by atoms with Gasteiger partial charge in [-0.25, -0.2) is 9.37 Å². The number of fused-ring (bicyclic) bond motifs is 1. The number of thiophene rings is 1. The number of halogens is 1. The molecule has 0 aliphatic heterocycles. The molecular formula is C24H28FN5O3S. The molecule has 1 aromatic carbocycles. The number of ether oxygens (including phenoxy) is 2. The SMILES string of the molecule is C=CC(=O)N[C@H]1CC[C@@H](Nc2nc(Nc3ccc(OCCOC)c(F)c3)nc3ccsc23)CC1. The number of methoxy groups -OCH3 is 1. The number of carbonyl (C=O) groups is 1. The van der Waals surface area contributed by atoms with Gasteiger partial charge in [-0.1, -0.05) is 6.58 Å². The highest BCUT2D eigenvalue weighted by Gasteiger charge is 2.23. The molecule has 1 saturated carbocycles. The lowest BCUT2D eigenvalue weighted by Crippen LogP contribution is -2.39. The molecule has 2 aromatic heterocycles. The molecule has 34 heavy (non-hydrogen) atoms. The molecule has 3 aromatic rings. The van der Waals surface area contributed by atoms with Crippen molar-refractivity contribution in [3.8, 4) is 5.75 Å². The maximum absolute atomic E-state index is 14.4. The van der Waals surface area contributed by atoms with Crippen LogP contribution in [0.1, 0.15) is 25.7 Å². The largest absolute Gasteiger partial charge is 0.488 e. The van der Waals surface area contributed by atoms with Crippen molar-refractivity contribution < 1.29 is 18.7 Å². The van der Waals surface area contributed by atoms with Crippen LogP contribution < -0.4 is 20.7 Å². The lowest BCUT2D eigenvalue weighted by Gasteiger charge is -2.29. The minimum Gasteiger partial charge on any atom is -0.488 e. The summed E-state index contributed by atoms with van der Waals surface area (Å²) in [7, 11) is 1.56. The maximum Gasteiger partial charge on any atom is 0.243 e. The zero-order chi connectivity index (χ0) is 23.9. The van der Waals surface area contributed by atoms with E-state index in [9.17, 15) is 9.18 Å². The summed E-state index contributed by atoms with van der Waals surface area (Å²) in [4.78, 5) is 20.8. The summed E-state index contributed by atoms with van der Waals surface area (Å²) >= 11 is 1.57. The Kier molecular flexibility index (Phi) is 7.91. The number of aromatic nitrogens is 2. The average Bonchev–Trinajstić information content (AvgIpc) is 3.31. The summed E-state index contributed by atoms with van der Waals surface area (Å²) in [6.07, 6.45) is 4.91. The van der Waals surface area contributed by atoms with Crippen LogP contribution in [0.5, 0.6) is 5.75 Å². The summed E-state index contributed by atoms with van der Waals surface area (Å²) in [6.45, 7) is 4.17. The molecule has 180 valence electrons. The third-order valence-electron chi connectivity index (χ3n) is 5.64. The van der Waals surface area contributed by atoms with Gasteiger partial charge in [-0.05, 0) is 55.3 Å². The van der Waals surface area contributed by atoms with E-state index < -0.39 is 5.82 Å². The van der Waals surface area contributed by atoms with Crippen LogP contribution in [0.4, 0.5) is 21.8 Å². The summed E-state index contributed by atoms with van der Waals surface area (Å²) < 4.78 is 25.7. The lowest BCUT2D eigenvalue weighted by molar-refractivity contribution is -0.117. The molecule has 4 rings (SSSR count). The van der Waals surface area contributed by atoms with Crippen molar-refractivity contribution in [2.45, 2.75) is 37.8 Å². The third kappa shape index (κ3) is 6.00. The van der Waals surface area contributed by atoms with E-state index >= 15 is 0 Å². The normalized spacial score (nSPS) is 17.8. The van der Waals surface area contributed by atoms with Gasteiger partial charge in [-0.2, -0.15) is 4.98 Å². The van der Waals surface area contributed by atoms with Gasteiger partial charge in [-0.3, -0.25) is 4.79 Å². The van der Waals surface area contributed by atoms with Gasteiger partial charge in [-0.15, -0.1) is 11.3 Å². The van der Waals surface area contributed by atoms with Gasteiger partial charge in [0, 0.05) is 30.9 Å². The van der Waals surface area contributed by atoms with Crippen molar-refractivity contribution >= 4 is 44.9 Å². The average molecular weight is 486 g/mol. The fourth-order valence-corrected chi connectivity index (χ4v) is 4.70. The van der Waals surface area contributed by atoms with E-state index in [1.54, 1.807) is 30.6 Å². The maximum atomic E-state index is 14.4. The summed E-state index contributed by atoms with van der Waals surface area (Å²) in [5.74, 6) is 0.693. The quantitative estimate of drug-likeness (QED) is 0.285. The number of amides is 1. The molecule has 1 aliphatic rings. The number of anilines is 3. The number of carbonyl (C=O) groups excluding carboxylic acids is 1. The Morgan fingerprint density at radius 2 is 2.00 bits per heavy atom. The first kappa shape index (κ1) is 23.9. The molecule has 3 N–H and O–H groups in total. The molecule has 0 saturated heterocycles. The Morgan fingerprint density at radius 1 is 1.21 bits per heavy atom. The fourth-order valence-electron chi connectivity index (χ4n) is 3.91. The summed E-state index contributed by atoms with van der Waals surface area (Å²) in [5.41, 5.74) is 1.34. The molecule has 1 amide bonds. The first-order valence-electron chi connectivity index (χ1n) is 11.2. The fraction of sp³-hybridized carbons (Fsp3) is 0.375. The van der Waals surface area contributed by atoms with E-state index in [-0.39, 0.29) is 30.3 Å². The number of hydrogen-bond acceptors (Lipinski definition) is 8. The molecule has 0 unspecified atom stereocenters. The Labute approximate surface area is 201 Å².